The lowest BCUT2D eigenvalue weighted by Crippen LogP contribution is -2.15. The number of aromatic nitrogens is 3. The lowest BCUT2D eigenvalue weighted by Gasteiger charge is -2.13. The number of hydrogen-bond acceptors (Lipinski definition) is 9. The maximum absolute atomic E-state index is 12.4. The first kappa shape index (κ1) is 20.7. The second-order valence-electron chi connectivity index (χ2n) is 6.39. The second-order valence-corrected chi connectivity index (χ2v) is 6.39. The Morgan fingerprint density at radius 3 is 2.78 bits per heavy atom. The Kier molecular flexibility index (Phi) is 5.84. The summed E-state index contributed by atoms with van der Waals surface area (Å²) in [4.78, 5) is 48.5. The fourth-order valence-corrected chi connectivity index (χ4v) is 2.88. The van der Waals surface area contributed by atoms with E-state index in [1.807, 2.05) is 0 Å². The third kappa shape index (κ3) is 4.43. The summed E-state index contributed by atoms with van der Waals surface area (Å²) in [6.45, 7) is 1.81. The van der Waals surface area contributed by atoms with Gasteiger partial charge in [0.1, 0.15) is 17.8 Å². The minimum atomic E-state index is -0.726. The number of anilines is 1. The smallest absolute Gasteiger partial charge is 0.411 e. The lowest BCUT2D eigenvalue weighted by molar-refractivity contribution is 0.0734. The van der Waals surface area contributed by atoms with Gasteiger partial charge in [-0.1, -0.05) is 0 Å². The number of carbonyl (C=O) groups is 2. The summed E-state index contributed by atoms with van der Waals surface area (Å²) in [5.74, 6) is -0.308. The quantitative estimate of drug-likeness (QED) is 0.372. The van der Waals surface area contributed by atoms with Crippen molar-refractivity contribution in [3.05, 3.63) is 77.1 Å². The van der Waals surface area contributed by atoms with Crippen LogP contribution in [0, 0.1) is 0 Å². The topological polar surface area (TPSA) is 134 Å². The first-order valence-electron chi connectivity index (χ1n) is 9.49. The van der Waals surface area contributed by atoms with Crippen LogP contribution < -0.4 is 15.5 Å². The summed E-state index contributed by atoms with van der Waals surface area (Å²) in [5.41, 5.74) is 0.769. The fraction of sp³-hybridized carbons (Fsp3) is 0.0909. The van der Waals surface area contributed by atoms with Gasteiger partial charge >= 0.3 is 12.1 Å². The van der Waals surface area contributed by atoms with Gasteiger partial charge in [-0.3, -0.25) is 15.1 Å². The largest absolute Gasteiger partial charge is 0.452 e. The number of nitrogens with one attached hydrogen (secondary N) is 1. The summed E-state index contributed by atoms with van der Waals surface area (Å²) in [7, 11) is 0. The normalized spacial score (nSPS) is 10.5. The number of nitrogens with zero attached hydrogens (tertiary/aromatic N) is 3. The molecule has 1 amide bonds. The third-order valence-corrected chi connectivity index (χ3v) is 4.27. The standard InChI is InChI=1S/C22H16N4O6/c1-2-30-22(29)26-16-8-14(31-21(28)13-4-3-7-23-10-13)5-6-15(16)18-9-17(27)20-19(32-18)11-24-12-25-20/h3-12H,2H2,1H3,(H,26,29). The molecule has 0 radical (unpaired) electrons. The van der Waals surface area contributed by atoms with Crippen LogP contribution in [0.2, 0.25) is 0 Å². The monoisotopic (exact) mass is 432 g/mol. The summed E-state index contributed by atoms with van der Waals surface area (Å²) in [6, 6.07) is 8.90. The highest BCUT2D eigenvalue weighted by Gasteiger charge is 2.17. The predicted octanol–water partition coefficient (Wildman–Crippen LogP) is 3.43. The molecule has 160 valence electrons. The molecule has 0 atom stereocenters. The number of benzene rings is 1. The van der Waals surface area contributed by atoms with Crippen molar-refractivity contribution in [2.75, 3.05) is 11.9 Å². The number of carbonyl (C=O) groups excluding carboxylic acids is 2. The molecule has 0 fully saturated rings. The van der Waals surface area contributed by atoms with Gasteiger partial charge in [0.05, 0.1) is 24.1 Å². The van der Waals surface area contributed by atoms with Gasteiger partial charge in [0.25, 0.3) is 0 Å². The van der Waals surface area contributed by atoms with E-state index in [-0.39, 0.29) is 45.9 Å². The second kappa shape index (κ2) is 9.04. The average Bonchev–Trinajstić information content (AvgIpc) is 2.80. The third-order valence-electron chi connectivity index (χ3n) is 4.27. The van der Waals surface area contributed by atoms with Gasteiger partial charge in [0, 0.05) is 30.1 Å². The van der Waals surface area contributed by atoms with Crippen LogP contribution in [0.4, 0.5) is 10.5 Å². The van der Waals surface area contributed by atoms with Crippen LogP contribution in [-0.4, -0.2) is 33.6 Å². The molecule has 0 spiro atoms. The van der Waals surface area contributed by atoms with Gasteiger partial charge in [-0.2, -0.15) is 0 Å². The van der Waals surface area contributed by atoms with Crippen LogP contribution >= 0.6 is 0 Å². The molecule has 0 aliphatic carbocycles. The zero-order chi connectivity index (χ0) is 22.5. The summed E-state index contributed by atoms with van der Waals surface area (Å²) in [5, 5.41) is 2.57. The van der Waals surface area contributed by atoms with Crippen LogP contribution in [0.3, 0.4) is 0 Å². The molecular formula is C22H16N4O6. The zero-order valence-corrected chi connectivity index (χ0v) is 16.8. The molecule has 0 bridgehead atoms. The molecule has 0 saturated heterocycles. The van der Waals surface area contributed by atoms with E-state index < -0.39 is 12.1 Å². The van der Waals surface area contributed by atoms with Crippen LogP contribution in [0.25, 0.3) is 22.4 Å². The molecule has 4 rings (SSSR count). The van der Waals surface area contributed by atoms with E-state index in [0.717, 1.165) is 0 Å². The van der Waals surface area contributed by atoms with Gasteiger partial charge < -0.3 is 13.9 Å². The van der Waals surface area contributed by atoms with E-state index in [0.29, 0.717) is 5.56 Å². The molecule has 1 aromatic carbocycles. The van der Waals surface area contributed by atoms with Crippen molar-refractivity contribution in [1.82, 2.24) is 15.0 Å². The van der Waals surface area contributed by atoms with Crippen LogP contribution in [0.1, 0.15) is 17.3 Å². The number of esters is 1. The first-order valence-corrected chi connectivity index (χ1v) is 9.49. The molecule has 1 N–H and O–H groups in total. The van der Waals surface area contributed by atoms with E-state index in [9.17, 15) is 14.4 Å². The average molecular weight is 432 g/mol. The number of ether oxygens (including phenoxy) is 2. The van der Waals surface area contributed by atoms with Crippen molar-refractivity contribution in [3.63, 3.8) is 0 Å². The van der Waals surface area contributed by atoms with Gasteiger partial charge in [-0.15, -0.1) is 0 Å². The Labute approximate surface area is 180 Å². The minimum Gasteiger partial charge on any atom is -0.452 e. The van der Waals surface area contributed by atoms with Gasteiger partial charge in [-0.05, 0) is 31.2 Å². The molecule has 0 aliphatic rings. The van der Waals surface area contributed by atoms with Crippen molar-refractivity contribution in [1.29, 1.82) is 0 Å². The molecular weight excluding hydrogens is 416 g/mol. The number of pyridine rings is 1. The van der Waals surface area contributed by atoms with Crippen molar-refractivity contribution in [2.24, 2.45) is 0 Å². The summed E-state index contributed by atoms with van der Waals surface area (Å²) < 4.78 is 16.1. The molecule has 3 heterocycles. The fourth-order valence-electron chi connectivity index (χ4n) is 2.88. The van der Waals surface area contributed by atoms with Crippen LogP contribution in [0.15, 0.2) is 70.5 Å². The number of fused-ring (bicyclic) bond motifs is 1. The molecule has 0 unspecified atom stereocenters. The molecule has 3 aromatic heterocycles. The molecule has 0 aliphatic heterocycles. The Morgan fingerprint density at radius 2 is 2.00 bits per heavy atom. The molecule has 4 aromatic rings. The SMILES string of the molecule is CCOC(=O)Nc1cc(OC(=O)c2cccnc2)ccc1-c1cc(=O)c2ncncc2o1. The predicted molar refractivity (Wildman–Crippen MR) is 113 cm³/mol. The van der Waals surface area contributed by atoms with E-state index in [1.165, 1.54) is 43.1 Å². The van der Waals surface area contributed by atoms with E-state index in [1.54, 1.807) is 25.1 Å². The van der Waals surface area contributed by atoms with Gasteiger partial charge in [0.2, 0.25) is 5.43 Å². The number of rotatable bonds is 5. The highest BCUT2D eigenvalue weighted by atomic mass is 16.5. The van der Waals surface area contributed by atoms with Crippen molar-refractivity contribution in [2.45, 2.75) is 6.92 Å². The maximum Gasteiger partial charge on any atom is 0.411 e. The molecule has 32 heavy (non-hydrogen) atoms. The lowest BCUT2D eigenvalue weighted by atomic mass is 10.1. The summed E-state index contributed by atoms with van der Waals surface area (Å²) in [6.07, 6.45) is 4.81. The van der Waals surface area contributed by atoms with Crippen LogP contribution in [-0.2, 0) is 4.74 Å². The van der Waals surface area contributed by atoms with Gasteiger partial charge in [0.15, 0.2) is 11.1 Å². The first-order chi connectivity index (χ1) is 15.5. The molecule has 0 saturated carbocycles. The van der Waals surface area contributed by atoms with Crippen molar-refractivity contribution < 1.29 is 23.5 Å². The molecule has 10 nitrogen and oxygen atoms in total. The minimum absolute atomic E-state index is 0.130. The Morgan fingerprint density at radius 1 is 1.12 bits per heavy atom. The highest BCUT2D eigenvalue weighted by molar-refractivity contribution is 5.93. The van der Waals surface area contributed by atoms with Crippen molar-refractivity contribution in [3.8, 4) is 17.1 Å². The zero-order valence-electron chi connectivity index (χ0n) is 16.8. The Hall–Kier alpha value is -4.60. The Balaban J connectivity index is 1.74. The van der Waals surface area contributed by atoms with Crippen molar-refractivity contribution >= 4 is 28.8 Å². The maximum atomic E-state index is 12.4. The number of amides is 1. The van der Waals surface area contributed by atoms with E-state index in [2.05, 4.69) is 20.3 Å². The molecule has 10 heteroatoms. The summed E-state index contributed by atoms with van der Waals surface area (Å²) >= 11 is 0. The van der Waals surface area contributed by atoms with E-state index >= 15 is 0 Å². The van der Waals surface area contributed by atoms with Crippen LogP contribution in [0.5, 0.6) is 5.75 Å². The van der Waals surface area contributed by atoms with E-state index in [4.69, 9.17) is 13.9 Å². The highest BCUT2D eigenvalue weighted by Crippen LogP contribution is 2.32. The number of hydrogen-bond donors (Lipinski definition) is 1. The van der Waals surface area contributed by atoms with Gasteiger partial charge in [-0.25, -0.2) is 19.6 Å². The Bertz CT molecular complexity index is 1350.